The first-order valence-electron chi connectivity index (χ1n) is 6.37. The Labute approximate surface area is 122 Å². The normalized spacial score (nSPS) is 12.2. The van der Waals surface area contributed by atoms with Crippen molar-refractivity contribution in [3.05, 3.63) is 41.7 Å². The smallest absolute Gasteiger partial charge is 0.228 e. The molecule has 1 unspecified atom stereocenters. The lowest BCUT2D eigenvalue weighted by Gasteiger charge is -2.15. The molecule has 2 N–H and O–H groups in total. The number of rotatable bonds is 5. The third kappa shape index (κ3) is 3.37. The number of aromatic nitrogens is 2. The first kappa shape index (κ1) is 14.6. The van der Waals surface area contributed by atoms with Crippen LogP contribution in [0.3, 0.4) is 0 Å². The maximum absolute atomic E-state index is 12.1. The highest BCUT2D eigenvalue weighted by atomic mass is 35.5. The average molecular weight is 293 g/mol. The number of anilines is 1. The number of carbonyl (C=O) groups excluding carboxylic acids is 1. The molecule has 0 aliphatic carbocycles. The van der Waals surface area contributed by atoms with Gasteiger partial charge in [0.2, 0.25) is 5.91 Å². The number of hydrogen-bond donors (Lipinski definition) is 2. The van der Waals surface area contributed by atoms with Gasteiger partial charge in [-0.25, -0.2) is 4.68 Å². The van der Waals surface area contributed by atoms with Crippen molar-refractivity contribution in [3.8, 4) is 5.69 Å². The second-order valence-electron chi connectivity index (χ2n) is 4.56. The van der Waals surface area contributed by atoms with Crippen molar-refractivity contribution in [3.63, 3.8) is 0 Å². The lowest BCUT2D eigenvalue weighted by Crippen LogP contribution is -2.29. The number of nitrogens with one attached hydrogen (secondary N) is 2. The summed E-state index contributed by atoms with van der Waals surface area (Å²) in [5.41, 5.74) is 1.43. The zero-order valence-electron chi connectivity index (χ0n) is 11.4. The third-order valence-electron chi connectivity index (χ3n) is 2.93. The Hall–Kier alpha value is -1.85. The van der Waals surface area contributed by atoms with Gasteiger partial charge in [0, 0.05) is 29.9 Å². The predicted octanol–water partition coefficient (Wildman–Crippen LogP) is 2.32. The number of halogens is 1. The molecule has 1 atom stereocenters. The fourth-order valence-electron chi connectivity index (χ4n) is 1.87. The Kier molecular flexibility index (Phi) is 4.76. The van der Waals surface area contributed by atoms with E-state index in [2.05, 4.69) is 15.7 Å². The van der Waals surface area contributed by atoms with E-state index in [1.54, 1.807) is 23.0 Å². The summed E-state index contributed by atoms with van der Waals surface area (Å²) in [7, 11) is 1.82. The summed E-state index contributed by atoms with van der Waals surface area (Å²) in [6, 6.07) is 7.14. The van der Waals surface area contributed by atoms with Gasteiger partial charge in [-0.2, -0.15) is 5.10 Å². The van der Waals surface area contributed by atoms with E-state index in [-0.39, 0.29) is 11.8 Å². The first-order valence-corrected chi connectivity index (χ1v) is 6.74. The molecule has 0 bridgehead atoms. The summed E-state index contributed by atoms with van der Waals surface area (Å²) < 4.78 is 1.69. The molecule has 0 saturated heterocycles. The van der Waals surface area contributed by atoms with Crippen molar-refractivity contribution in [2.75, 3.05) is 18.9 Å². The lowest BCUT2D eigenvalue weighted by molar-refractivity contribution is -0.119. The molecular formula is C14H17ClN4O. The van der Waals surface area contributed by atoms with E-state index in [1.807, 2.05) is 32.3 Å². The summed E-state index contributed by atoms with van der Waals surface area (Å²) in [5.74, 6) is -0.195. The van der Waals surface area contributed by atoms with Gasteiger partial charge in [0.15, 0.2) is 0 Å². The number of amides is 1. The van der Waals surface area contributed by atoms with Crippen LogP contribution in [0.1, 0.15) is 6.92 Å². The summed E-state index contributed by atoms with van der Waals surface area (Å²) in [6.45, 7) is 2.48. The molecule has 1 aromatic carbocycles. The van der Waals surface area contributed by atoms with E-state index in [4.69, 9.17) is 11.6 Å². The van der Waals surface area contributed by atoms with Gasteiger partial charge in [0.1, 0.15) is 0 Å². The van der Waals surface area contributed by atoms with Crippen molar-refractivity contribution in [1.82, 2.24) is 15.1 Å². The Morgan fingerprint density at radius 3 is 2.95 bits per heavy atom. The summed E-state index contributed by atoms with van der Waals surface area (Å²) >= 11 is 6.01. The molecule has 5 nitrogen and oxygen atoms in total. The maximum Gasteiger partial charge on any atom is 0.228 e. The van der Waals surface area contributed by atoms with Crippen LogP contribution in [0.25, 0.3) is 5.69 Å². The highest BCUT2D eigenvalue weighted by Gasteiger charge is 2.15. The zero-order valence-corrected chi connectivity index (χ0v) is 12.2. The minimum atomic E-state index is -0.135. The molecule has 0 spiro atoms. The van der Waals surface area contributed by atoms with Gasteiger partial charge < -0.3 is 10.6 Å². The monoisotopic (exact) mass is 292 g/mol. The van der Waals surface area contributed by atoms with Crippen molar-refractivity contribution in [2.24, 2.45) is 5.92 Å². The molecule has 2 rings (SSSR count). The van der Waals surface area contributed by atoms with Crippen molar-refractivity contribution in [2.45, 2.75) is 6.92 Å². The SMILES string of the molecule is CNCC(C)C(=O)Nc1cc(Cl)ccc1-n1cccn1. The minimum absolute atomic E-state index is 0.0602. The number of benzene rings is 1. The van der Waals surface area contributed by atoms with Crippen molar-refractivity contribution >= 4 is 23.2 Å². The van der Waals surface area contributed by atoms with E-state index < -0.39 is 0 Å². The van der Waals surface area contributed by atoms with Crippen LogP contribution in [0.2, 0.25) is 5.02 Å². The Bertz CT molecular complexity index is 583. The molecule has 20 heavy (non-hydrogen) atoms. The standard InChI is InChI=1S/C14H17ClN4O/c1-10(9-16-2)14(20)18-12-8-11(15)4-5-13(12)19-7-3-6-17-19/h3-8,10,16H,9H2,1-2H3,(H,18,20). The molecule has 0 saturated carbocycles. The molecule has 1 aromatic heterocycles. The van der Waals surface area contributed by atoms with Gasteiger partial charge in [0.25, 0.3) is 0 Å². The van der Waals surface area contributed by atoms with Crippen LogP contribution < -0.4 is 10.6 Å². The molecule has 2 aromatic rings. The summed E-state index contributed by atoms with van der Waals surface area (Å²) in [4.78, 5) is 12.1. The van der Waals surface area contributed by atoms with Crippen molar-refractivity contribution in [1.29, 1.82) is 0 Å². The van der Waals surface area contributed by atoms with Crippen LogP contribution in [-0.4, -0.2) is 29.3 Å². The Balaban J connectivity index is 2.26. The molecule has 106 valence electrons. The van der Waals surface area contributed by atoms with Crippen LogP contribution in [-0.2, 0) is 4.79 Å². The van der Waals surface area contributed by atoms with Crippen LogP contribution in [0.15, 0.2) is 36.7 Å². The van der Waals surface area contributed by atoms with Gasteiger partial charge in [-0.15, -0.1) is 0 Å². The molecule has 0 fully saturated rings. The fourth-order valence-corrected chi connectivity index (χ4v) is 2.05. The van der Waals surface area contributed by atoms with Gasteiger partial charge in [0.05, 0.1) is 11.4 Å². The topological polar surface area (TPSA) is 59.0 Å². The molecule has 0 aliphatic rings. The molecule has 1 heterocycles. The van der Waals surface area contributed by atoms with Gasteiger partial charge >= 0.3 is 0 Å². The zero-order chi connectivity index (χ0) is 14.5. The predicted molar refractivity (Wildman–Crippen MR) is 80.3 cm³/mol. The average Bonchev–Trinajstić information content (AvgIpc) is 2.93. The van der Waals surface area contributed by atoms with E-state index >= 15 is 0 Å². The second kappa shape index (κ2) is 6.54. The quantitative estimate of drug-likeness (QED) is 0.889. The van der Waals surface area contributed by atoms with Gasteiger partial charge in [-0.1, -0.05) is 18.5 Å². The fraction of sp³-hybridized carbons (Fsp3) is 0.286. The Morgan fingerprint density at radius 2 is 2.30 bits per heavy atom. The number of hydrogen-bond acceptors (Lipinski definition) is 3. The van der Waals surface area contributed by atoms with Crippen LogP contribution in [0.4, 0.5) is 5.69 Å². The molecule has 0 radical (unpaired) electrons. The first-order chi connectivity index (χ1) is 9.61. The minimum Gasteiger partial charge on any atom is -0.324 e. The van der Waals surface area contributed by atoms with Gasteiger partial charge in [-0.3, -0.25) is 4.79 Å². The largest absolute Gasteiger partial charge is 0.324 e. The third-order valence-corrected chi connectivity index (χ3v) is 3.16. The van der Waals surface area contributed by atoms with E-state index in [1.165, 1.54) is 0 Å². The highest BCUT2D eigenvalue weighted by Crippen LogP contribution is 2.24. The summed E-state index contributed by atoms with van der Waals surface area (Å²) in [5, 5.41) is 10.6. The van der Waals surface area contributed by atoms with Crippen LogP contribution in [0, 0.1) is 5.92 Å². The molecular weight excluding hydrogens is 276 g/mol. The van der Waals surface area contributed by atoms with E-state index in [0.29, 0.717) is 17.3 Å². The van der Waals surface area contributed by atoms with Gasteiger partial charge in [-0.05, 0) is 31.3 Å². The number of carbonyl (C=O) groups is 1. The van der Waals surface area contributed by atoms with E-state index in [9.17, 15) is 4.79 Å². The molecule has 1 amide bonds. The van der Waals surface area contributed by atoms with E-state index in [0.717, 1.165) is 5.69 Å². The summed E-state index contributed by atoms with van der Waals surface area (Å²) in [6.07, 6.45) is 3.50. The number of nitrogens with zero attached hydrogens (tertiary/aromatic N) is 2. The lowest BCUT2D eigenvalue weighted by atomic mass is 10.1. The van der Waals surface area contributed by atoms with Crippen LogP contribution >= 0.6 is 11.6 Å². The second-order valence-corrected chi connectivity index (χ2v) is 5.00. The van der Waals surface area contributed by atoms with Crippen LogP contribution in [0.5, 0.6) is 0 Å². The Morgan fingerprint density at radius 1 is 1.50 bits per heavy atom. The maximum atomic E-state index is 12.1. The van der Waals surface area contributed by atoms with Crippen molar-refractivity contribution < 1.29 is 4.79 Å². The molecule has 0 aliphatic heterocycles. The molecule has 6 heteroatoms. The highest BCUT2D eigenvalue weighted by molar-refractivity contribution is 6.31.